The maximum Gasteiger partial charge on any atom is 0.266 e. The first kappa shape index (κ1) is 15.0. The van der Waals surface area contributed by atoms with Crippen molar-refractivity contribution in [3.05, 3.63) is 34.7 Å². The highest BCUT2D eigenvalue weighted by molar-refractivity contribution is 8.26. The molecule has 0 bridgehead atoms. The Labute approximate surface area is 128 Å². The number of thiocarbonyl (C=S) groups is 1. The van der Waals surface area contributed by atoms with Crippen molar-refractivity contribution in [3.8, 4) is 5.75 Å². The molecule has 0 spiro atoms. The summed E-state index contributed by atoms with van der Waals surface area (Å²) in [5, 5.41) is 0. The molecule has 0 atom stereocenters. The lowest BCUT2D eigenvalue weighted by Crippen LogP contribution is -2.32. The third-order valence-electron chi connectivity index (χ3n) is 2.72. The van der Waals surface area contributed by atoms with E-state index < -0.39 is 0 Å². The van der Waals surface area contributed by atoms with Gasteiger partial charge in [0.1, 0.15) is 10.1 Å². The van der Waals surface area contributed by atoms with E-state index in [1.54, 1.807) is 4.90 Å². The molecule has 0 radical (unpaired) electrons. The quantitative estimate of drug-likeness (QED) is 0.668. The lowest BCUT2D eigenvalue weighted by atomic mass is 10.2. The van der Waals surface area contributed by atoms with E-state index in [2.05, 4.69) is 0 Å². The third kappa shape index (κ3) is 3.39. The fourth-order valence-corrected chi connectivity index (χ4v) is 3.11. The van der Waals surface area contributed by atoms with Crippen molar-refractivity contribution in [2.75, 3.05) is 19.7 Å². The molecule has 1 aromatic carbocycles. The zero-order valence-corrected chi connectivity index (χ0v) is 12.8. The molecule has 4 nitrogen and oxygen atoms in total. The molecule has 0 aromatic heterocycles. The van der Waals surface area contributed by atoms with Crippen LogP contribution in [0.3, 0.4) is 0 Å². The van der Waals surface area contributed by atoms with E-state index in [4.69, 9.17) is 22.7 Å². The summed E-state index contributed by atoms with van der Waals surface area (Å²) in [6.07, 6.45) is 1.84. The van der Waals surface area contributed by atoms with Gasteiger partial charge in [0.2, 0.25) is 0 Å². The van der Waals surface area contributed by atoms with Crippen molar-refractivity contribution < 1.29 is 9.53 Å². The summed E-state index contributed by atoms with van der Waals surface area (Å²) in [4.78, 5) is 14.3. The van der Waals surface area contributed by atoms with Crippen LogP contribution in [0, 0.1) is 0 Å². The van der Waals surface area contributed by atoms with Crippen molar-refractivity contribution >= 4 is 40.3 Å². The Kier molecular flexibility index (Phi) is 5.17. The lowest BCUT2D eigenvalue weighted by Gasteiger charge is -2.11. The number of carbonyl (C=O) groups is 1. The van der Waals surface area contributed by atoms with E-state index in [1.165, 1.54) is 11.8 Å². The van der Waals surface area contributed by atoms with Crippen molar-refractivity contribution in [2.24, 2.45) is 5.73 Å². The maximum absolute atomic E-state index is 12.1. The molecule has 0 unspecified atom stereocenters. The summed E-state index contributed by atoms with van der Waals surface area (Å²) in [6, 6.07) is 7.60. The number of benzene rings is 1. The second-order valence-corrected chi connectivity index (χ2v) is 5.80. The molecule has 1 aromatic rings. The summed E-state index contributed by atoms with van der Waals surface area (Å²) in [5.74, 6) is 0.750. The first-order chi connectivity index (χ1) is 9.65. The molecule has 6 heteroatoms. The number of nitrogens with two attached hydrogens (primary N) is 1. The summed E-state index contributed by atoms with van der Waals surface area (Å²) >= 11 is 6.50. The summed E-state index contributed by atoms with van der Waals surface area (Å²) in [7, 11) is 0. The second-order valence-electron chi connectivity index (χ2n) is 4.12. The van der Waals surface area contributed by atoms with Gasteiger partial charge in [-0.3, -0.25) is 9.69 Å². The van der Waals surface area contributed by atoms with Gasteiger partial charge < -0.3 is 10.5 Å². The van der Waals surface area contributed by atoms with Crippen LogP contribution in [0.1, 0.15) is 12.5 Å². The van der Waals surface area contributed by atoms with E-state index in [0.717, 1.165) is 11.3 Å². The van der Waals surface area contributed by atoms with Gasteiger partial charge in [-0.1, -0.05) is 36.1 Å². The first-order valence-electron chi connectivity index (χ1n) is 6.34. The maximum atomic E-state index is 12.1. The Bertz CT molecular complexity index is 541. The Morgan fingerprint density at radius 1 is 1.40 bits per heavy atom. The lowest BCUT2D eigenvalue weighted by molar-refractivity contribution is -0.122. The number of amides is 1. The Morgan fingerprint density at radius 3 is 2.70 bits per heavy atom. The minimum atomic E-state index is -0.0701. The second kappa shape index (κ2) is 6.88. The molecule has 1 saturated heterocycles. The van der Waals surface area contributed by atoms with Gasteiger partial charge in [-0.15, -0.1) is 0 Å². The fraction of sp³-hybridized carbons (Fsp3) is 0.286. The van der Waals surface area contributed by atoms with Crippen LogP contribution in [0.25, 0.3) is 6.08 Å². The number of thioether (sulfide) groups is 1. The molecular formula is C14H16N2O2S2. The highest BCUT2D eigenvalue weighted by Gasteiger charge is 2.31. The van der Waals surface area contributed by atoms with E-state index in [-0.39, 0.29) is 5.91 Å². The van der Waals surface area contributed by atoms with Crippen molar-refractivity contribution in [1.29, 1.82) is 0 Å². The van der Waals surface area contributed by atoms with Crippen LogP contribution in [0.2, 0.25) is 0 Å². The van der Waals surface area contributed by atoms with Gasteiger partial charge in [0.05, 0.1) is 11.5 Å². The normalized spacial score (nSPS) is 17.1. The molecule has 0 aliphatic carbocycles. The van der Waals surface area contributed by atoms with Crippen LogP contribution in [-0.2, 0) is 4.79 Å². The van der Waals surface area contributed by atoms with Crippen LogP contribution in [0.15, 0.2) is 29.2 Å². The summed E-state index contributed by atoms with van der Waals surface area (Å²) in [5.41, 5.74) is 6.43. The van der Waals surface area contributed by atoms with Crippen LogP contribution < -0.4 is 10.5 Å². The summed E-state index contributed by atoms with van der Waals surface area (Å²) in [6.45, 7) is 3.45. The third-order valence-corrected chi connectivity index (χ3v) is 4.09. The molecule has 1 aliphatic rings. The smallest absolute Gasteiger partial charge is 0.266 e. The monoisotopic (exact) mass is 308 g/mol. The molecule has 1 aliphatic heterocycles. The predicted octanol–water partition coefficient (Wildman–Crippen LogP) is 2.25. The Morgan fingerprint density at radius 2 is 2.10 bits per heavy atom. The first-order valence-corrected chi connectivity index (χ1v) is 7.56. The zero-order valence-electron chi connectivity index (χ0n) is 11.2. The van der Waals surface area contributed by atoms with Gasteiger partial charge in [0, 0.05) is 13.1 Å². The molecule has 1 amide bonds. The van der Waals surface area contributed by atoms with Gasteiger partial charge >= 0.3 is 0 Å². The topological polar surface area (TPSA) is 55.6 Å². The highest BCUT2D eigenvalue weighted by atomic mass is 32.2. The van der Waals surface area contributed by atoms with Gasteiger partial charge in [0.15, 0.2) is 0 Å². The van der Waals surface area contributed by atoms with E-state index in [9.17, 15) is 4.79 Å². The Balaban J connectivity index is 2.15. The van der Waals surface area contributed by atoms with Crippen molar-refractivity contribution in [2.45, 2.75) is 6.92 Å². The van der Waals surface area contributed by atoms with E-state index in [1.807, 2.05) is 37.3 Å². The van der Waals surface area contributed by atoms with Gasteiger partial charge in [-0.2, -0.15) is 0 Å². The number of rotatable bonds is 5. The molecule has 2 rings (SSSR count). The van der Waals surface area contributed by atoms with Gasteiger partial charge in [-0.25, -0.2) is 0 Å². The molecule has 106 valence electrons. The highest BCUT2D eigenvalue weighted by Crippen LogP contribution is 2.32. The van der Waals surface area contributed by atoms with Crippen LogP contribution in [0.5, 0.6) is 5.75 Å². The van der Waals surface area contributed by atoms with E-state index in [0.29, 0.717) is 28.9 Å². The number of hydrogen-bond acceptors (Lipinski definition) is 5. The number of ether oxygens (including phenoxy) is 1. The SMILES string of the molecule is CCOc1ccc(/C=C2\SC(=S)N(CCN)C2=O)cc1. The Hall–Kier alpha value is -1.37. The molecule has 2 N–H and O–H groups in total. The summed E-state index contributed by atoms with van der Waals surface area (Å²) < 4.78 is 5.95. The van der Waals surface area contributed by atoms with Crippen LogP contribution in [0.4, 0.5) is 0 Å². The molecule has 1 heterocycles. The predicted molar refractivity (Wildman–Crippen MR) is 86.5 cm³/mol. The zero-order chi connectivity index (χ0) is 14.5. The average molecular weight is 308 g/mol. The largest absolute Gasteiger partial charge is 0.494 e. The number of carbonyl (C=O) groups excluding carboxylic acids is 1. The molecule has 0 saturated carbocycles. The van der Waals surface area contributed by atoms with Crippen LogP contribution >= 0.6 is 24.0 Å². The minimum Gasteiger partial charge on any atom is -0.494 e. The average Bonchev–Trinajstić information content (AvgIpc) is 2.69. The standard InChI is InChI=1S/C14H16N2O2S2/c1-2-18-11-5-3-10(4-6-11)9-12-13(17)16(8-7-15)14(19)20-12/h3-6,9H,2,7-8,15H2,1H3/b12-9-. The van der Waals surface area contributed by atoms with Crippen LogP contribution in [-0.4, -0.2) is 34.8 Å². The number of nitrogens with zero attached hydrogens (tertiary/aromatic N) is 1. The number of hydrogen-bond donors (Lipinski definition) is 1. The fourth-order valence-electron chi connectivity index (χ4n) is 1.80. The van der Waals surface area contributed by atoms with Gasteiger partial charge in [-0.05, 0) is 30.7 Å². The molecular weight excluding hydrogens is 292 g/mol. The molecule has 1 fully saturated rings. The van der Waals surface area contributed by atoms with E-state index >= 15 is 0 Å². The van der Waals surface area contributed by atoms with Crippen molar-refractivity contribution in [1.82, 2.24) is 4.90 Å². The minimum absolute atomic E-state index is 0.0701. The van der Waals surface area contributed by atoms with Crippen molar-refractivity contribution in [3.63, 3.8) is 0 Å². The molecule has 20 heavy (non-hydrogen) atoms. The van der Waals surface area contributed by atoms with Gasteiger partial charge in [0.25, 0.3) is 5.91 Å².